The van der Waals surface area contributed by atoms with Crippen molar-refractivity contribution >= 4 is 34.2 Å². The Morgan fingerprint density at radius 3 is 2.54 bits per heavy atom. The number of aliphatic hydroxyl groups is 1. The van der Waals surface area contributed by atoms with E-state index < -0.39 is 52.7 Å². The van der Waals surface area contributed by atoms with Gasteiger partial charge in [-0.3, -0.25) is 19.2 Å². The number of allylic oxidation sites excluding steroid dienone is 1. The third-order valence-corrected chi connectivity index (χ3v) is 10.5. The number of rotatable bonds is 2. The number of ketones is 3. The van der Waals surface area contributed by atoms with Gasteiger partial charge in [-0.05, 0) is 55.7 Å². The fourth-order valence-corrected chi connectivity index (χ4v) is 8.47. The Balaban J connectivity index is 1.48. The van der Waals surface area contributed by atoms with Crippen molar-refractivity contribution in [1.29, 1.82) is 0 Å². The first-order valence-corrected chi connectivity index (χ1v) is 14.1. The van der Waals surface area contributed by atoms with Gasteiger partial charge in [0.15, 0.2) is 5.78 Å². The topological polar surface area (TPSA) is 116 Å². The van der Waals surface area contributed by atoms with Crippen molar-refractivity contribution in [1.82, 2.24) is 10.3 Å². The second-order valence-electron chi connectivity index (χ2n) is 12.3. The third kappa shape index (κ3) is 3.51. The number of fused-ring (bicyclic) bond motifs is 2. The predicted octanol–water partition coefficient (Wildman–Crippen LogP) is 3.71. The first-order chi connectivity index (χ1) is 18.6. The van der Waals surface area contributed by atoms with E-state index in [4.69, 9.17) is 0 Å². The van der Waals surface area contributed by atoms with E-state index in [0.29, 0.717) is 12.8 Å². The average Bonchev–Trinajstić information content (AvgIpc) is 3.52. The second-order valence-corrected chi connectivity index (χ2v) is 12.3. The molecule has 9 atom stereocenters. The zero-order chi connectivity index (χ0) is 27.8. The fourth-order valence-electron chi connectivity index (χ4n) is 8.47. The molecular formula is C32H36N2O5. The first kappa shape index (κ1) is 25.9. The molecular weight excluding hydrogens is 492 g/mol. The number of aromatic amines is 1. The van der Waals surface area contributed by atoms with Crippen LogP contribution in [0.25, 0.3) is 10.9 Å². The van der Waals surface area contributed by atoms with Crippen LogP contribution in [0.5, 0.6) is 0 Å². The van der Waals surface area contributed by atoms with Gasteiger partial charge in [0, 0.05) is 53.2 Å². The van der Waals surface area contributed by atoms with Gasteiger partial charge in [0.2, 0.25) is 17.5 Å². The van der Waals surface area contributed by atoms with Crippen LogP contribution in [-0.4, -0.2) is 45.5 Å². The number of amides is 1. The molecule has 2 fully saturated rings. The monoisotopic (exact) mass is 528 g/mol. The number of para-hydroxylation sites is 1. The summed E-state index contributed by atoms with van der Waals surface area (Å²) in [5, 5.41) is 15.7. The molecule has 0 bridgehead atoms. The summed E-state index contributed by atoms with van der Waals surface area (Å²) in [6.07, 6.45) is 5.73. The molecule has 1 aromatic carbocycles. The number of hydrogen-bond acceptors (Lipinski definition) is 5. The van der Waals surface area contributed by atoms with Crippen LogP contribution >= 0.6 is 0 Å². The molecule has 2 aromatic rings. The van der Waals surface area contributed by atoms with Crippen molar-refractivity contribution < 1.29 is 24.3 Å². The Kier molecular flexibility index (Phi) is 6.06. The Hall–Kier alpha value is -3.32. The number of nitrogens with one attached hydrogen (secondary N) is 2. The van der Waals surface area contributed by atoms with Gasteiger partial charge >= 0.3 is 0 Å². The van der Waals surface area contributed by atoms with Crippen LogP contribution in [0.15, 0.2) is 53.8 Å². The van der Waals surface area contributed by atoms with Crippen molar-refractivity contribution in [3.8, 4) is 0 Å². The lowest BCUT2D eigenvalue weighted by Crippen LogP contribution is -2.56. The normalized spacial score (nSPS) is 38.6. The molecule has 7 nitrogen and oxygen atoms in total. The quantitative estimate of drug-likeness (QED) is 0.312. The molecule has 39 heavy (non-hydrogen) atoms. The molecule has 1 amide bonds. The van der Waals surface area contributed by atoms with E-state index in [-0.39, 0.29) is 30.1 Å². The predicted molar refractivity (Wildman–Crippen MR) is 146 cm³/mol. The highest BCUT2D eigenvalue weighted by atomic mass is 16.3. The van der Waals surface area contributed by atoms with Crippen LogP contribution in [0.1, 0.15) is 46.1 Å². The van der Waals surface area contributed by atoms with Crippen LogP contribution in [0, 0.1) is 40.9 Å². The van der Waals surface area contributed by atoms with Gasteiger partial charge in [-0.25, -0.2) is 0 Å². The van der Waals surface area contributed by atoms with Crippen LogP contribution in [0.3, 0.4) is 0 Å². The van der Waals surface area contributed by atoms with Gasteiger partial charge in [-0.15, -0.1) is 0 Å². The van der Waals surface area contributed by atoms with Gasteiger partial charge in [0.25, 0.3) is 0 Å². The molecule has 0 radical (unpaired) electrons. The molecule has 1 saturated heterocycles. The van der Waals surface area contributed by atoms with Gasteiger partial charge in [0.1, 0.15) is 5.41 Å². The van der Waals surface area contributed by atoms with Crippen molar-refractivity contribution in [3.63, 3.8) is 0 Å². The summed E-state index contributed by atoms with van der Waals surface area (Å²) >= 11 is 0. The molecule has 1 saturated carbocycles. The highest BCUT2D eigenvalue weighted by Gasteiger charge is 2.67. The summed E-state index contributed by atoms with van der Waals surface area (Å²) < 4.78 is 0. The van der Waals surface area contributed by atoms with E-state index >= 15 is 0 Å². The second kappa shape index (κ2) is 9.12. The molecule has 1 spiro atoms. The Labute approximate surface area is 228 Å². The van der Waals surface area contributed by atoms with E-state index in [1.165, 1.54) is 0 Å². The van der Waals surface area contributed by atoms with Gasteiger partial charge in [0.05, 0.1) is 6.10 Å². The number of H-pyrrole nitrogens is 1. The number of carbonyl (C=O) groups is 4. The smallest absolute Gasteiger partial charge is 0.235 e. The van der Waals surface area contributed by atoms with E-state index in [0.717, 1.165) is 27.6 Å². The molecule has 204 valence electrons. The maximum atomic E-state index is 14.5. The molecule has 3 N–H and O–H groups in total. The summed E-state index contributed by atoms with van der Waals surface area (Å²) in [7, 11) is 0. The molecule has 1 aromatic heterocycles. The van der Waals surface area contributed by atoms with Crippen LogP contribution in [-0.2, 0) is 25.6 Å². The minimum Gasteiger partial charge on any atom is -0.388 e. The fraction of sp³-hybridized carbons (Fsp3) is 0.500. The number of aliphatic hydroxyl groups excluding tert-OH is 1. The Morgan fingerprint density at radius 1 is 1.03 bits per heavy atom. The zero-order valence-corrected chi connectivity index (χ0v) is 22.9. The van der Waals surface area contributed by atoms with E-state index in [1.54, 1.807) is 6.92 Å². The van der Waals surface area contributed by atoms with E-state index in [2.05, 4.69) is 10.3 Å². The molecule has 2 heterocycles. The first-order valence-electron chi connectivity index (χ1n) is 14.1. The van der Waals surface area contributed by atoms with E-state index in [1.807, 2.05) is 63.4 Å². The number of aromatic nitrogens is 1. The molecule has 6 rings (SSSR count). The highest BCUT2D eigenvalue weighted by Crippen LogP contribution is 2.56. The lowest BCUT2D eigenvalue weighted by atomic mass is 9.53. The van der Waals surface area contributed by atoms with Gasteiger partial charge in [-0.1, -0.05) is 49.8 Å². The number of benzene rings is 1. The van der Waals surface area contributed by atoms with Crippen LogP contribution in [0.2, 0.25) is 0 Å². The minimum absolute atomic E-state index is 0.0143. The Bertz CT molecular complexity index is 1470. The van der Waals surface area contributed by atoms with Crippen molar-refractivity contribution in [2.75, 3.05) is 0 Å². The van der Waals surface area contributed by atoms with Crippen LogP contribution in [0.4, 0.5) is 0 Å². The van der Waals surface area contributed by atoms with Crippen molar-refractivity contribution in [2.24, 2.45) is 40.9 Å². The summed E-state index contributed by atoms with van der Waals surface area (Å²) in [5.74, 6) is -4.29. The maximum Gasteiger partial charge on any atom is 0.235 e. The minimum atomic E-state index is -1.55. The summed E-state index contributed by atoms with van der Waals surface area (Å²) in [6, 6.07) is 7.62. The summed E-state index contributed by atoms with van der Waals surface area (Å²) in [6.45, 7) is 7.59. The lowest BCUT2D eigenvalue weighted by Gasteiger charge is -2.47. The highest BCUT2D eigenvalue weighted by molar-refractivity contribution is 6.41. The van der Waals surface area contributed by atoms with Gasteiger partial charge in [-0.2, -0.15) is 0 Å². The third-order valence-electron chi connectivity index (χ3n) is 10.5. The largest absolute Gasteiger partial charge is 0.388 e. The van der Waals surface area contributed by atoms with Crippen LogP contribution < -0.4 is 5.32 Å². The van der Waals surface area contributed by atoms with E-state index in [9.17, 15) is 24.3 Å². The average molecular weight is 529 g/mol. The molecule has 4 aliphatic rings. The summed E-state index contributed by atoms with van der Waals surface area (Å²) in [4.78, 5) is 57.9. The molecule has 3 aliphatic carbocycles. The molecule has 1 aliphatic heterocycles. The van der Waals surface area contributed by atoms with Crippen molar-refractivity contribution in [2.45, 2.75) is 59.1 Å². The molecule has 1 unspecified atom stereocenters. The standard InChI is InChI=1S/C32H36N2O5/c1-15-8-7-10-22-28(36)17(3)16(2)27-24(12-19-14-33-23-11-6-5-9-20(19)23)34-31(39)32(22,27)25(35)13-21-26(15)18(4)29(37)30(21)38/h5-7,9-11,14-15,18,21-22,24,26-28,33,36H,8,12-13H2,1-4H3,(H,34,39)/t15-,18?,21+,22-,24-,26-,27-,28+,32+/m0/s1. The lowest BCUT2D eigenvalue weighted by molar-refractivity contribution is -0.149. The van der Waals surface area contributed by atoms with Gasteiger partial charge < -0.3 is 15.4 Å². The zero-order valence-electron chi connectivity index (χ0n) is 22.9. The maximum absolute atomic E-state index is 14.5. The number of hydrogen-bond donors (Lipinski definition) is 3. The Morgan fingerprint density at radius 2 is 1.77 bits per heavy atom. The SMILES string of the molecule is CC1=C(C)[C@H]2[C@H](Cc3c[nH]c4ccccc34)NC(=O)[C@]23C(=O)C[C@H]2C(=O)C(=O)C(C)[C@@H]2[C@@H](C)CC=C[C@H]3[C@@H]1O. The number of carbonyl (C=O) groups excluding carboxylic acids is 4. The molecule has 7 heteroatoms. The number of Topliss-reactive ketones (excluding diaryl/α,β-unsaturated/α-hetero) is 3. The summed E-state index contributed by atoms with van der Waals surface area (Å²) in [5.41, 5.74) is 2.12. The van der Waals surface area contributed by atoms with Crippen molar-refractivity contribution in [3.05, 3.63) is 59.3 Å².